The molecule has 2 N–H and O–H groups in total. The lowest BCUT2D eigenvalue weighted by molar-refractivity contribution is 0.177. The van der Waals surface area contributed by atoms with Gasteiger partial charge in [-0.15, -0.1) is 0 Å². The number of aliphatic hydroxyl groups is 1. The van der Waals surface area contributed by atoms with Gasteiger partial charge < -0.3 is 10.4 Å². The van der Waals surface area contributed by atoms with E-state index in [1.54, 1.807) is 11.0 Å². The van der Waals surface area contributed by atoms with Crippen molar-refractivity contribution in [2.45, 2.75) is 6.10 Å². The van der Waals surface area contributed by atoms with Crippen LogP contribution >= 0.6 is 15.9 Å². The molecule has 1 aromatic heterocycles. The van der Waals surface area contributed by atoms with Gasteiger partial charge >= 0.3 is 0 Å². The van der Waals surface area contributed by atoms with Crippen molar-refractivity contribution < 1.29 is 5.11 Å². The van der Waals surface area contributed by atoms with E-state index in [0.717, 1.165) is 15.7 Å². The number of likely N-dealkylation sites (N-methyl/N-ethyl adjacent to an activating group) is 1. The van der Waals surface area contributed by atoms with Crippen molar-refractivity contribution in [2.24, 2.45) is 0 Å². The Balaban J connectivity index is 2.29. The molecule has 0 aliphatic heterocycles. The summed E-state index contributed by atoms with van der Waals surface area (Å²) in [7, 11) is 1.81. The maximum absolute atomic E-state index is 9.85. The number of hydrogen-bond donors (Lipinski definition) is 2. The van der Waals surface area contributed by atoms with E-state index < -0.39 is 6.10 Å². The number of hydrogen-bond acceptors (Lipinski definition) is 4. The number of nitrogens with zero attached hydrogens (tertiary/aromatic N) is 3. The standard InChI is InChI=1S/C11H13BrN4O/c1-13-5-11(17)8-2-3-10(9(12)4-8)16-7-14-6-15-16/h2-4,6-7,11,13,17H,5H2,1H3. The number of nitrogens with one attached hydrogen (secondary N) is 1. The topological polar surface area (TPSA) is 63.0 Å². The highest BCUT2D eigenvalue weighted by Gasteiger charge is 2.10. The van der Waals surface area contributed by atoms with Crippen LogP contribution in [0.15, 0.2) is 35.3 Å². The Hall–Kier alpha value is -1.24. The first-order valence-electron chi connectivity index (χ1n) is 5.19. The monoisotopic (exact) mass is 296 g/mol. The molecule has 0 bridgehead atoms. The SMILES string of the molecule is CNCC(O)c1ccc(-n2cncn2)c(Br)c1. The molecule has 2 aromatic rings. The summed E-state index contributed by atoms with van der Waals surface area (Å²) in [6.45, 7) is 0.523. The predicted octanol–water partition coefficient (Wildman–Crippen LogP) is 1.28. The van der Waals surface area contributed by atoms with Crippen LogP contribution in [-0.4, -0.2) is 33.5 Å². The molecule has 0 saturated heterocycles. The molecule has 0 saturated carbocycles. The molecule has 1 heterocycles. The Morgan fingerprint density at radius 3 is 2.94 bits per heavy atom. The number of benzene rings is 1. The van der Waals surface area contributed by atoms with Crippen molar-refractivity contribution >= 4 is 15.9 Å². The van der Waals surface area contributed by atoms with Gasteiger partial charge in [0.1, 0.15) is 12.7 Å². The Labute approximate surface area is 108 Å². The number of aliphatic hydroxyl groups excluding tert-OH is 1. The van der Waals surface area contributed by atoms with Crippen molar-refractivity contribution in [3.63, 3.8) is 0 Å². The molecule has 0 aliphatic carbocycles. The van der Waals surface area contributed by atoms with Gasteiger partial charge in [-0.2, -0.15) is 5.10 Å². The van der Waals surface area contributed by atoms with E-state index in [2.05, 4.69) is 31.3 Å². The first kappa shape index (κ1) is 12.2. The largest absolute Gasteiger partial charge is 0.387 e. The zero-order valence-electron chi connectivity index (χ0n) is 9.34. The minimum atomic E-state index is -0.513. The van der Waals surface area contributed by atoms with E-state index >= 15 is 0 Å². The average Bonchev–Trinajstić information content (AvgIpc) is 2.82. The third-order valence-electron chi connectivity index (χ3n) is 2.42. The van der Waals surface area contributed by atoms with Crippen LogP contribution in [0.2, 0.25) is 0 Å². The van der Waals surface area contributed by atoms with E-state index in [9.17, 15) is 5.11 Å². The van der Waals surface area contributed by atoms with E-state index in [0.29, 0.717) is 6.54 Å². The van der Waals surface area contributed by atoms with E-state index in [4.69, 9.17) is 0 Å². The minimum absolute atomic E-state index is 0.513. The van der Waals surface area contributed by atoms with Crippen LogP contribution in [0.1, 0.15) is 11.7 Å². The third-order valence-corrected chi connectivity index (χ3v) is 3.05. The normalized spacial score (nSPS) is 12.6. The van der Waals surface area contributed by atoms with Gasteiger partial charge in [0.25, 0.3) is 0 Å². The lowest BCUT2D eigenvalue weighted by Crippen LogP contribution is -2.16. The molecule has 0 spiro atoms. The van der Waals surface area contributed by atoms with Gasteiger partial charge in [0, 0.05) is 11.0 Å². The summed E-state index contributed by atoms with van der Waals surface area (Å²) in [5.74, 6) is 0. The Bertz CT molecular complexity index is 486. The molecular formula is C11H13BrN4O. The number of aromatic nitrogens is 3. The smallest absolute Gasteiger partial charge is 0.138 e. The second kappa shape index (κ2) is 5.39. The summed E-state index contributed by atoms with van der Waals surface area (Å²) in [6, 6.07) is 5.66. The zero-order valence-corrected chi connectivity index (χ0v) is 10.9. The second-order valence-corrected chi connectivity index (χ2v) is 4.48. The van der Waals surface area contributed by atoms with E-state index in [1.807, 2.05) is 25.2 Å². The van der Waals surface area contributed by atoms with Gasteiger partial charge in [-0.3, -0.25) is 0 Å². The van der Waals surface area contributed by atoms with Gasteiger partial charge in [-0.1, -0.05) is 6.07 Å². The summed E-state index contributed by atoms with van der Waals surface area (Å²) in [6.07, 6.45) is 2.60. The van der Waals surface area contributed by atoms with Crippen molar-refractivity contribution in [1.82, 2.24) is 20.1 Å². The van der Waals surface area contributed by atoms with Gasteiger partial charge in [0.2, 0.25) is 0 Å². The minimum Gasteiger partial charge on any atom is -0.387 e. The molecule has 1 aromatic carbocycles. The van der Waals surface area contributed by atoms with Crippen molar-refractivity contribution in [3.8, 4) is 5.69 Å². The Morgan fingerprint density at radius 2 is 2.35 bits per heavy atom. The fraction of sp³-hybridized carbons (Fsp3) is 0.273. The highest BCUT2D eigenvalue weighted by Crippen LogP contribution is 2.24. The van der Waals surface area contributed by atoms with Gasteiger partial charge in [0.15, 0.2) is 0 Å². The molecular weight excluding hydrogens is 284 g/mol. The quantitative estimate of drug-likeness (QED) is 0.892. The van der Waals surface area contributed by atoms with Crippen molar-refractivity contribution in [2.75, 3.05) is 13.6 Å². The molecule has 17 heavy (non-hydrogen) atoms. The third kappa shape index (κ3) is 2.71. The zero-order chi connectivity index (χ0) is 12.3. The van der Waals surface area contributed by atoms with Crippen LogP contribution in [0.5, 0.6) is 0 Å². The van der Waals surface area contributed by atoms with Gasteiger partial charge in [-0.05, 0) is 40.7 Å². The first-order chi connectivity index (χ1) is 8.22. The second-order valence-electron chi connectivity index (χ2n) is 3.62. The van der Waals surface area contributed by atoms with Crippen LogP contribution in [0.4, 0.5) is 0 Å². The summed E-state index contributed by atoms with van der Waals surface area (Å²) in [5, 5.41) is 16.8. The van der Waals surface area contributed by atoms with Crippen molar-refractivity contribution in [3.05, 3.63) is 40.9 Å². The molecule has 0 fully saturated rings. The molecule has 0 amide bonds. The summed E-state index contributed by atoms with van der Waals surface area (Å²) in [4.78, 5) is 3.90. The molecule has 2 rings (SSSR count). The summed E-state index contributed by atoms with van der Waals surface area (Å²) < 4.78 is 2.54. The van der Waals surface area contributed by atoms with Crippen LogP contribution in [-0.2, 0) is 0 Å². The van der Waals surface area contributed by atoms with Crippen LogP contribution in [0.3, 0.4) is 0 Å². The fourth-order valence-electron chi connectivity index (χ4n) is 1.56. The first-order valence-corrected chi connectivity index (χ1v) is 5.99. The van der Waals surface area contributed by atoms with E-state index in [-0.39, 0.29) is 0 Å². The number of halogens is 1. The molecule has 0 radical (unpaired) electrons. The molecule has 1 atom stereocenters. The maximum Gasteiger partial charge on any atom is 0.138 e. The van der Waals surface area contributed by atoms with Crippen LogP contribution in [0, 0.1) is 0 Å². The fourth-order valence-corrected chi connectivity index (χ4v) is 2.14. The van der Waals surface area contributed by atoms with Gasteiger partial charge in [-0.25, -0.2) is 9.67 Å². The lowest BCUT2D eigenvalue weighted by atomic mass is 10.1. The molecule has 5 nitrogen and oxygen atoms in total. The van der Waals surface area contributed by atoms with Crippen LogP contribution < -0.4 is 5.32 Å². The molecule has 6 heteroatoms. The Kier molecular flexibility index (Phi) is 3.88. The van der Waals surface area contributed by atoms with Crippen LogP contribution in [0.25, 0.3) is 5.69 Å². The molecule has 0 aliphatic rings. The average molecular weight is 297 g/mol. The molecule has 1 unspecified atom stereocenters. The molecule has 90 valence electrons. The highest BCUT2D eigenvalue weighted by atomic mass is 79.9. The number of rotatable bonds is 4. The van der Waals surface area contributed by atoms with E-state index in [1.165, 1.54) is 6.33 Å². The van der Waals surface area contributed by atoms with Gasteiger partial charge in [0.05, 0.1) is 11.8 Å². The summed E-state index contributed by atoms with van der Waals surface area (Å²) in [5.41, 5.74) is 1.75. The highest BCUT2D eigenvalue weighted by molar-refractivity contribution is 9.10. The predicted molar refractivity (Wildman–Crippen MR) is 67.9 cm³/mol. The summed E-state index contributed by atoms with van der Waals surface area (Å²) >= 11 is 3.47. The Morgan fingerprint density at radius 1 is 1.53 bits per heavy atom. The van der Waals surface area contributed by atoms with Crippen molar-refractivity contribution in [1.29, 1.82) is 0 Å². The maximum atomic E-state index is 9.85. The lowest BCUT2D eigenvalue weighted by Gasteiger charge is -2.12.